The van der Waals surface area contributed by atoms with E-state index in [0.717, 1.165) is 4.88 Å². The fraction of sp³-hybridized carbons (Fsp3) is 0.0833. The summed E-state index contributed by atoms with van der Waals surface area (Å²) >= 11 is 7.48. The SMILES string of the molecule is NC(=NO)c1cc(Cl)ccc1OCc1cccs1. The van der Waals surface area contributed by atoms with Crippen molar-refractivity contribution in [2.45, 2.75) is 6.61 Å². The van der Waals surface area contributed by atoms with Gasteiger partial charge in [0.05, 0.1) is 5.56 Å². The number of thiophene rings is 1. The van der Waals surface area contributed by atoms with Gasteiger partial charge in [-0.2, -0.15) is 0 Å². The highest BCUT2D eigenvalue weighted by molar-refractivity contribution is 7.09. The molecule has 0 saturated heterocycles. The Morgan fingerprint density at radius 1 is 1.44 bits per heavy atom. The van der Waals surface area contributed by atoms with Gasteiger partial charge in [0.25, 0.3) is 0 Å². The van der Waals surface area contributed by atoms with E-state index in [1.165, 1.54) is 0 Å². The van der Waals surface area contributed by atoms with Crippen LogP contribution in [-0.4, -0.2) is 11.0 Å². The van der Waals surface area contributed by atoms with Gasteiger partial charge in [-0.25, -0.2) is 0 Å². The summed E-state index contributed by atoms with van der Waals surface area (Å²) in [6.45, 7) is 0.436. The number of rotatable bonds is 4. The first-order valence-electron chi connectivity index (χ1n) is 5.13. The molecule has 0 radical (unpaired) electrons. The average molecular weight is 283 g/mol. The topological polar surface area (TPSA) is 67.8 Å². The van der Waals surface area contributed by atoms with Crippen molar-refractivity contribution in [1.29, 1.82) is 0 Å². The van der Waals surface area contributed by atoms with Crippen LogP contribution in [0.5, 0.6) is 5.75 Å². The molecule has 2 aromatic rings. The summed E-state index contributed by atoms with van der Waals surface area (Å²) in [5.41, 5.74) is 6.05. The van der Waals surface area contributed by atoms with Crippen molar-refractivity contribution in [1.82, 2.24) is 0 Å². The summed E-state index contributed by atoms with van der Waals surface area (Å²) < 4.78 is 5.64. The monoisotopic (exact) mass is 282 g/mol. The van der Waals surface area contributed by atoms with Gasteiger partial charge >= 0.3 is 0 Å². The molecule has 0 amide bonds. The van der Waals surface area contributed by atoms with Gasteiger partial charge in [0.1, 0.15) is 12.4 Å². The lowest BCUT2D eigenvalue weighted by Gasteiger charge is -2.10. The van der Waals surface area contributed by atoms with Crippen LogP contribution >= 0.6 is 22.9 Å². The Morgan fingerprint density at radius 2 is 2.28 bits per heavy atom. The van der Waals surface area contributed by atoms with Crippen molar-refractivity contribution in [3.05, 3.63) is 51.2 Å². The molecule has 18 heavy (non-hydrogen) atoms. The molecule has 1 aromatic carbocycles. The van der Waals surface area contributed by atoms with E-state index in [1.807, 2.05) is 17.5 Å². The maximum Gasteiger partial charge on any atom is 0.173 e. The number of benzene rings is 1. The zero-order chi connectivity index (χ0) is 13.0. The number of amidine groups is 1. The molecule has 94 valence electrons. The fourth-order valence-electron chi connectivity index (χ4n) is 1.43. The molecule has 0 bridgehead atoms. The lowest BCUT2D eigenvalue weighted by molar-refractivity contribution is 0.306. The Morgan fingerprint density at radius 3 is 2.94 bits per heavy atom. The van der Waals surface area contributed by atoms with E-state index in [-0.39, 0.29) is 5.84 Å². The molecule has 0 atom stereocenters. The minimum atomic E-state index is -0.0290. The van der Waals surface area contributed by atoms with Gasteiger partial charge in [0.15, 0.2) is 5.84 Å². The number of ether oxygens (including phenoxy) is 1. The zero-order valence-electron chi connectivity index (χ0n) is 9.34. The summed E-state index contributed by atoms with van der Waals surface area (Å²) in [4.78, 5) is 1.09. The molecule has 2 rings (SSSR count). The molecule has 0 saturated carbocycles. The molecule has 0 unspecified atom stereocenters. The van der Waals surface area contributed by atoms with Gasteiger partial charge in [-0.15, -0.1) is 11.3 Å². The van der Waals surface area contributed by atoms with Gasteiger partial charge < -0.3 is 15.7 Å². The predicted molar refractivity (Wildman–Crippen MR) is 72.6 cm³/mol. The number of hydrogen-bond donors (Lipinski definition) is 2. The van der Waals surface area contributed by atoms with Gasteiger partial charge in [-0.05, 0) is 29.6 Å². The minimum absolute atomic E-state index is 0.0290. The van der Waals surface area contributed by atoms with E-state index in [1.54, 1.807) is 29.5 Å². The summed E-state index contributed by atoms with van der Waals surface area (Å²) in [6.07, 6.45) is 0. The molecule has 6 heteroatoms. The van der Waals surface area contributed by atoms with Crippen LogP contribution in [0.25, 0.3) is 0 Å². The lowest BCUT2D eigenvalue weighted by atomic mass is 10.2. The maximum atomic E-state index is 8.72. The summed E-state index contributed by atoms with van der Waals surface area (Å²) in [6, 6.07) is 8.92. The second-order valence-corrected chi connectivity index (χ2v) is 4.96. The smallest absolute Gasteiger partial charge is 0.173 e. The standard InChI is InChI=1S/C12H11ClN2O2S/c13-8-3-4-11(10(6-8)12(14)15-16)17-7-9-2-1-5-18-9/h1-6,16H,7H2,(H2,14,15). The van der Waals surface area contributed by atoms with Crippen LogP contribution in [0.1, 0.15) is 10.4 Å². The summed E-state index contributed by atoms with van der Waals surface area (Å²) in [7, 11) is 0. The summed E-state index contributed by atoms with van der Waals surface area (Å²) in [5, 5.41) is 14.2. The predicted octanol–water partition coefficient (Wildman–Crippen LogP) is 3.08. The molecule has 1 aromatic heterocycles. The number of nitrogens with two attached hydrogens (primary N) is 1. The Balaban J connectivity index is 2.21. The molecule has 0 aliphatic rings. The van der Waals surface area contributed by atoms with Crippen LogP contribution in [0.3, 0.4) is 0 Å². The Bertz CT molecular complexity index is 555. The van der Waals surface area contributed by atoms with Crippen molar-refractivity contribution >= 4 is 28.8 Å². The molecular weight excluding hydrogens is 272 g/mol. The average Bonchev–Trinajstić information content (AvgIpc) is 2.89. The highest BCUT2D eigenvalue weighted by atomic mass is 35.5. The van der Waals surface area contributed by atoms with E-state index in [9.17, 15) is 0 Å². The van der Waals surface area contributed by atoms with Crippen molar-refractivity contribution < 1.29 is 9.94 Å². The normalized spacial score (nSPS) is 11.5. The van der Waals surface area contributed by atoms with Crippen LogP contribution in [0.2, 0.25) is 5.02 Å². The molecule has 4 nitrogen and oxygen atoms in total. The second-order valence-electron chi connectivity index (χ2n) is 3.49. The maximum absolute atomic E-state index is 8.72. The Labute approximate surface area is 113 Å². The van der Waals surface area contributed by atoms with E-state index in [2.05, 4.69) is 5.16 Å². The van der Waals surface area contributed by atoms with E-state index >= 15 is 0 Å². The van der Waals surface area contributed by atoms with E-state index in [4.69, 9.17) is 27.3 Å². The molecule has 0 fully saturated rings. The summed E-state index contributed by atoms with van der Waals surface area (Å²) in [5.74, 6) is 0.502. The van der Waals surface area contributed by atoms with Gasteiger partial charge in [0, 0.05) is 9.90 Å². The van der Waals surface area contributed by atoms with E-state index < -0.39 is 0 Å². The first-order valence-corrected chi connectivity index (χ1v) is 6.39. The molecule has 0 aliphatic carbocycles. The molecule has 1 heterocycles. The number of hydrogen-bond acceptors (Lipinski definition) is 4. The van der Waals surface area contributed by atoms with Crippen molar-refractivity contribution in [2.75, 3.05) is 0 Å². The molecular formula is C12H11ClN2O2S. The Hall–Kier alpha value is -1.72. The fourth-order valence-corrected chi connectivity index (χ4v) is 2.21. The number of halogens is 1. The third-order valence-electron chi connectivity index (χ3n) is 2.28. The molecule has 0 spiro atoms. The Kier molecular flexibility index (Phi) is 4.07. The number of oxime groups is 1. The van der Waals surface area contributed by atoms with Crippen LogP contribution in [0.15, 0.2) is 40.9 Å². The van der Waals surface area contributed by atoms with Gasteiger partial charge in [0.2, 0.25) is 0 Å². The van der Waals surface area contributed by atoms with Crippen LogP contribution in [0, 0.1) is 0 Å². The van der Waals surface area contributed by atoms with Gasteiger partial charge in [-0.1, -0.05) is 22.8 Å². The van der Waals surface area contributed by atoms with Crippen molar-refractivity contribution in [3.63, 3.8) is 0 Å². The highest BCUT2D eigenvalue weighted by Gasteiger charge is 2.09. The molecule has 0 aliphatic heterocycles. The third kappa shape index (κ3) is 2.94. The van der Waals surface area contributed by atoms with Crippen LogP contribution < -0.4 is 10.5 Å². The molecule has 3 N–H and O–H groups in total. The van der Waals surface area contributed by atoms with Crippen LogP contribution in [0.4, 0.5) is 0 Å². The van der Waals surface area contributed by atoms with Crippen LogP contribution in [-0.2, 0) is 6.61 Å². The van der Waals surface area contributed by atoms with Crippen molar-refractivity contribution in [2.24, 2.45) is 10.9 Å². The quantitative estimate of drug-likeness (QED) is 0.392. The number of nitrogens with zero attached hydrogens (tertiary/aromatic N) is 1. The lowest BCUT2D eigenvalue weighted by Crippen LogP contribution is -2.14. The third-order valence-corrected chi connectivity index (χ3v) is 3.36. The highest BCUT2D eigenvalue weighted by Crippen LogP contribution is 2.24. The minimum Gasteiger partial charge on any atom is -0.487 e. The first-order chi connectivity index (χ1) is 8.70. The van der Waals surface area contributed by atoms with Gasteiger partial charge in [-0.3, -0.25) is 0 Å². The first kappa shape index (κ1) is 12.7. The van der Waals surface area contributed by atoms with E-state index in [0.29, 0.717) is 22.9 Å². The van der Waals surface area contributed by atoms with Crippen molar-refractivity contribution in [3.8, 4) is 5.75 Å². The largest absolute Gasteiger partial charge is 0.487 e. The second kappa shape index (κ2) is 5.75. The zero-order valence-corrected chi connectivity index (χ0v) is 10.9.